The highest BCUT2D eigenvalue weighted by Gasteiger charge is 2.20. The lowest BCUT2D eigenvalue weighted by Gasteiger charge is -2.21. The highest BCUT2D eigenvalue weighted by molar-refractivity contribution is 5.85. The Morgan fingerprint density at radius 1 is 1.25 bits per heavy atom. The molecule has 4 nitrogen and oxygen atoms in total. The van der Waals surface area contributed by atoms with Crippen molar-refractivity contribution in [2.24, 2.45) is 11.7 Å². The van der Waals surface area contributed by atoms with Gasteiger partial charge in [-0.3, -0.25) is 4.79 Å². The Kier molecular flexibility index (Phi) is 8.46. The molecule has 114 valence electrons. The summed E-state index contributed by atoms with van der Waals surface area (Å²) in [5.74, 6) is -0.0611. The summed E-state index contributed by atoms with van der Waals surface area (Å²) >= 11 is 0. The van der Waals surface area contributed by atoms with Crippen molar-refractivity contribution in [3.8, 4) is 0 Å². The second kappa shape index (κ2) is 8.95. The maximum Gasteiger partial charge on any atom is 0.237 e. The third-order valence-electron chi connectivity index (χ3n) is 3.17. The van der Waals surface area contributed by atoms with Crippen LogP contribution in [0.4, 0.5) is 0 Å². The van der Waals surface area contributed by atoms with E-state index in [4.69, 9.17) is 5.73 Å². The van der Waals surface area contributed by atoms with Gasteiger partial charge in [0.25, 0.3) is 0 Å². The van der Waals surface area contributed by atoms with E-state index in [9.17, 15) is 9.90 Å². The lowest BCUT2D eigenvalue weighted by Crippen LogP contribution is -2.47. The van der Waals surface area contributed by atoms with Gasteiger partial charge in [-0.05, 0) is 24.8 Å². The zero-order valence-electron chi connectivity index (χ0n) is 12.2. The van der Waals surface area contributed by atoms with E-state index < -0.39 is 12.1 Å². The summed E-state index contributed by atoms with van der Waals surface area (Å²) in [6, 6.07) is 8.80. The molecule has 0 fully saturated rings. The molecule has 1 aromatic rings. The zero-order valence-corrected chi connectivity index (χ0v) is 13.1. The molecule has 0 bridgehead atoms. The number of aliphatic hydroxyl groups excluding tert-OH is 1. The molecule has 0 aliphatic rings. The van der Waals surface area contributed by atoms with Crippen molar-refractivity contribution in [2.45, 2.75) is 45.4 Å². The Labute approximate surface area is 127 Å². The summed E-state index contributed by atoms with van der Waals surface area (Å²) in [6.07, 6.45) is -0.104. The quantitative estimate of drug-likeness (QED) is 0.752. The number of hydrogen-bond acceptors (Lipinski definition) is 3. The first-order valence-corrected chi connectivity index (χ1v) is 6.70. The normalized spacial score (nSPS) is 15.1. The summed E-state index contributed by atoms with van der Waals surface area (Å²) in [5.41, 5.74) is 6.63. The summed E-state index contributed by atoms with van der Waals surface area (Å²) in [7, 11) is 0. The fourth-order valence-corrected chi connectivity index (χ4v) is 1.85. The summed E-state index contributed by atoms with van der Waals surface area (Å²) in [5, 5.41) is 12.9. The number of rotatable bonds is 6. The van der Waals surface area contributed by atoms with Crippen molar-refractivity contribution in [1.82, 2.24) is 5.32 Å². The topological polar surface area (TPSA) is 75.3 Å². The summed E-state index contributed by atoms with van der Waals surface area (Å²) < 4.78 is 0. The molecular formula is C15H25ClN2O2. The van der Waals surface area contributed by atoms with Crippen LogP contribution in [0.5, 0.6) is 0 Å². The number of benzene rings is 1. The van der Waals surface area contributed by atoms with E-state index in [1.54, 1.807) is 0 Å². The first-order chi connectivity index (χ1) is 8.91. The predicted octanol–water partition coefficient (Wildman–Crippen LogP) is 2.02. The van der Waals surface area contributed by atoms with Gasteiger partial charge in [-0.1, -0.05) is 44.2 Å². The van der Waals surface area contributed by atoms with E-state index in [0.29, 0.717) is 6.42 Å². The maximum absolute atomic E-state index is 11.8. The molecule has 0 aromatic heterocycles. The average molecular weight is 301 g/mol. The molecule has 0 saturated heterocycles. The number of amides is 1. The molecule has 0 aliphatic carbocycles. The van der Waals surface area contributed by atoms with Crippen LogP contribution in [0.25, 0.3) is 0 Å². The maximum atomic E-state index is 11.8. The van der Waals surface area contributed by atoms with Gasteiger partial charge >= 0.3 is 0 Å². The lowest BCUT2D eigenvalue weighted by molar-refractivity contribution is -0.124. The molecule has 0 spiro atoms. The zero-order chi connectivity index (χ0) is 14.4. The van der Waals surface area contributed by atoms with Crippen LogP contribution in [0.3, 0.4) is 0 Å². The molecule has 3 atom stereocenters. The van der Waals surface area contributed by atoms with Gasteiger partial charge in [0.1, 0.15) is 0 Å². The molecule has 4 N–H and O–H groups in total. The van der Waals surface area contributed by atoms with Crippen molar-refractivity contribution in [3.63, 3.8) is 0 Å². The molecule has 0 radical (unpaired) electrons. The molecule has 1 amide bonds. The number of hydrogen-bond donors (Lipinski definition) is 3. The minimum absolute atomic E-state index is 0. The largest absolute Gasteiger partial charge is 0.388 e. The monoisotopic (exact) mass is 300 g/mol. The lowest BCUT2D eigenvalue weighted by atomic mass is 10.0. The molecule has 2 unspecified atom stereocenters. The molecule has 0 heterocycles. The van der Waals surface area contributed by atoms with Crippen LogP contribution in [-0.2, 0) is 4.79 Å². The van der Waals surface area contributed by atoms with Gasteiger partial charge in [-0.2, -0.15) is 0 Å². The van der Waals surface area contributed by atoms with Gasteiger partial charge < -0.3 is 16.2 Å². The van der Waals surface area contributed by atoms with E-state index in [1.807, 2.05) is 51.1 Å². The Morgan fingerprint density at radius 2 is 1.80 bits per heavy atom. The highest BCUT2D eigenvalue weighted by Crippen LogP contribution is 2.17. The van der Waals surface area contributed by atoms with Crippen LogP contribution in [0, 0.1) is 5.92 Å². The van der Waals surface area contributed by atoms with Crippen molar-refractivity contribution in [1.29, 1.82) is 0 Å². The van der Waals surface area contributed by atoms with Gasteiger partial charge in [-0.25, -0.2) is 0 Å². The van der Waals surface area contributed by atoms with Crippen molar-refractivity contribution in [3.05, 3.63) is 35.9 Å². The standard InChI is InChI=1S/C15H24N2O2.ClH/c1-10(2)14(16)15(19)17-11(3)9-13(18)12-7-5-4-6-8-12;/h4-8,10-11,13-14,18H,9,16H2,1-3H3,(H,17,19);1H/t11?,13?,14-;/m0./s1. The minimum Gasteiger partial charge on any atom is -0.388 e. The highest BCUT2D eigenvalue weighted by atomic mass is 35.5. The molecule has 0 aliphatic heterocycles. The number of carbonyl (C=O) groups is 1. The first kappa shape index (κ1) is 18.9. The predicted molar refractivity (Wildman–Crippen MR) is 83.7 cm³/mol. The average Bonchev–Trinajstić information content (AvgIpc) is 2.38. The minimum atomic E-state index is -0.577. The van der Waals surface area contributed by atoms with Gasteiger partial charge in [0.05, 0.1) is 12.1 Å². The smallest absolute Gasteiger partial charge is 0.237 e. The Morgan fingerprint density at radius 3 is 2.30 bits per heavy atom. The van der Waals surface area contributed by atoms with Crippen molar-refractivity contribution >= 4 is 18.3 Å². The molecule has 1 aromatic carbocycles. The Balaban J connectivity index is 0.00000361. The van der Waals surface area contributed by atoms with E-state index >= 15 is 0 Å². The molecule has 5 heteroatoms. The number of carbonyl (C=O) groups excluding carboxylic acids is 1. The number of aliphatic hydroxyl groups is 1. The van der Waals surface area contributed by atoms with E-state index in [-0.39, 0.29) is 30.3 Å². The van der Waals surface area contributed by atoms with Crippen molar-refractivity contribution in [2.75, 3.05) is 0 Å². The second-order valence-electron chi connectivity index (χ2n) is 5.34. The van der Waals surface area contributed by atoms with Crippen LogP contribution in [0.15, 0.2) is 30.3 Å². The third kappa shape index (κ3) is 5.90. The van der Waals surface area contributed by atoms with Gasteiger partial charge in [0.2, 0.25) is 5.91 Å². The molecule has 0 saturated carbocycles. The van der Waals surface area contributed by atoms with Crippen LogP contribution >= 0.6 is 12.4 Å². The van der Waals surface area contributed by atoms with Crippen LogP contribution in [0.2, 0.25) is 0 Å². The Bertz CT molecular complexity index is 398. The first-order valence-electron chi connectivity index (χ1n) is 6.70. The van der Waals surface area contributed by atoms with Gasteiger partial charge in [-0.15, -0.1) is 12.4 Å². The van der Waals surface area contributed by atoms with Gasteiger partial charge in [0, 0.05) is 6.04 Å². The summed E-state index contributed by atoms with van der Waals surface area (Å²) in [6.45, 7) is 5.69. The van der Waals surface area contributed by atoms with E-state index in [0.717, 1.165) is 5.56 Å². The number of nitrogens with two attached hydrogens (primary N) is 1. The van der Waals surface area contributed by atoms with Crippen molar-refractivity contribution < 1.29 is 9.90 Å². The number of halogens is 1. The second-order valence-corrected chi connectivity index (χ2v) is 5.34. The fraction of sp³-hybridized carbons (Fsp3) is 0.533. The van der Waals surface area contributed by atoms with Gasteiger partial charge in [0.15, 0.2) is 0 Å². The molecule has 20 heavy (non-hydrogen) atoms. The molecule has 1 rings (SSSR count). The van der Waals surface area contributed by atoms with Crippen LogP contribution in [0.1, 0.15) is 38.9 Å². The van der Waals surface area contributed by atoms with Crippen LogP contribution < -0.4 is 11.1 Å². The molecular weight excluding hydrogens is 276 g/mol. The third-order valence-corrected chi connectivity index (χ3v) is 3.17. The van der Waals surface area contributed by atoms with E-state index in [2.05, 4.69) is 5.32 Å². The Hall–Kier alpha value is -1.10. The fourth-order valence-electron chi connectivity index (χ4n) is 1.85. The summed E-state index contributed by atoms with van der Waals surface area (Å²) in [4.78, 5) is 11.8. The SMILES string of the molecule is CC(CC(O)c1ccccc1)NC(=O)[C@@H](N)C(C)C.Cl. The number of nitrogens with one attached hydrogen (secondary N) is 1. The van der Waals surface area contributed by atoms with Crippen LogP contribution in [-0.4, -0.2) is 23.1 Å². The van der Waals surface area contributed by atoms with E-state index in [1.165, 1.54) is 0 Å².